The van der Waals surface area contributed by atoms with E-state index in [2.05, 4.69) is 10.1 Å². The number of hydrogen-bond donors (Lipinski definition) is 0. The normalized spacial score (nSPS) is 20.1. The van der Waals surface area contributed by atoms with E-state index in [1.54, 1.807) is 21.8 Å². The number of rotatable bonds is 2. The number of carbonyl (C=O) groups is 2. The second-order valence-electron chi connectivity index (χ2n) is 6.53. The van der Waals surface area contributed by atoms with E-state index in [1.807, 2.05) is 23.0 Å². The van der Waals surface area contributed by atoms with Crippen LogP contribution in [-0.4, -0.2) is 51.1 Å². The topological polar surface area (TPSA) is 71.3 Å². The first-order chi connectivity index (χ1) is 11.6. The maximum Gasteiger partial charge on any atom is 0.273 e. The van der Waals surface area contributed by atoms with Gasteiger partial charge in [-0.15, -0.1) is 11.3 Å². The van der Waals surface area contributed by atoms with Crippen molar-refractivity contribution in [1.82, 2.24) is 19.7 Å². The zero-order valence-corrected chi connectivity index (χ0v) is 14.3. The minimum atomic E-state index is -0.325. The highest BCUT2D eigenvalue weighted by atomic mass is 32.1. The van der Waals surface area contributed by atoms with Crippen LogP contribution in [-0.2, 0) is 11.8 Å². The van der Waals surface area contributed by atoms with Crippen LogP contribution in [0.4, 0.5) is 5.69 Å². The number of nitrogens with zero attached hydrogens (tertiary/aromatic N) is 5. The van der Waals surface area contributed by atoms with Crippen molar-refractivity contribution in [3.05, 3.63) is 29.0 Å². The maximum absolute atomic E-state index is 13.0. The highest BCUT2D eigenvalue weighted by molar-refractivity contribution is 7.07. The molecule has 2 aliphatic rings. The van der Waals surface area contributed by atoms with Crippen molar-refractivity contribution < 1.29 is 9.59 Å². The van der Waals surface area contributed by atoms with Crippen LogP contribution in [0.25, 0.3) is 0 Å². The molecular weight excluding hydrogens is 326 g/mol. The minimum absolute atomic E-state index is 0.0272. The summed E-state index contributed by atoms with van der Waals surface area (Å²) in [5, 5.41) is 5.93. The summed E-state index contributed by atoms with van der Waals surface area (Å²) in [5.41, 5.74) is 2.71. The van der Waals surface area contributed by atoms with Crippen LogP contribution in [0, 0.1) is 5.41 Å². The number of aryl methyl sites for hydroxylation is 1. The summed E-state index contributed by atoms with van der Waals surface area (Å²) in [4.78, 5) is 33.1. The van der Waals surface area contributed by atoms with Gasteiger partial charge in [0.2, 0.25) is 5.91 Å². The van der Waals surface area contributed by atoms with E-state index >= 15 is 0 Å². The number of anilines is 1. The van der Waals surface area contributed by atoms with E-state index in [0.717, 1.165) is 31.5 Å². The summed E-state index contributed by atoms with van der Waals surface area (Å²) in [5.74, 6) is 0.150. The first-order valence-electron chi connectivity index (χ1n) is 8.07. The molecule has 2 amide bonds. The summed E-state index contributed by atoms with van der Waals surface area (Å²) in [7, 11) is 1.85. The molecule has 0 aromatic carbocycles. The first kappa shape index (κ1) is 15.3. The number of carbonyl (C=O) groups excluding carboxylic acids is 2. The van der Waals surface area contributed by atoms with Crippen LogP contribution in [0.3, 0.4) is 0 Å². The second-order valence-corrected chi connectivity index (χ2v) is 7.24. The van der Waals surface area contributed by atoms with Crippen LogP contribution in [0.1, 0.15) is 29.8 Å². The Balaban J connectivity index is 1.45. The van der Waals surface area contributed by atoms with Crippen LogP contribution in [0.15, 0.2) is 23.3 Å². The lowest BCUT2D eigenvalue weighted by Crippen LogP contribution is -2.46. The van der Waals surface area contributed by atoms with Gasteiger partial charge < -0.3 is 9.80 Å². The third kappa shape index (κ3) is 2.41. The van der Waals surface area contributed by atoms with Gasteiger partial charge >= 0.3 is 0 Å². The summed E-state index contributed by atoms with van der Waals surface area (Å²) < 4.78 is 1.71. The van der Waals surface area contributed by atoms with E-state index in [0.29, 0.717) is 18.8 Å². The zero-order valence-electron chi connectivity index (χ0n) is 13.5. The molecule has 4 heterocycles. The van der Waals surface area contributed by atoms with Gasteiger partial charge in [-0.2, -0.15) is 5.10 Å². The Hall–Kier alpha value is -2.22. The molecular formula is C16H19N5O2S. The van der Waals surface area contributed by atoms with Crippen molar-refractivity contribution in [2.24, 2.45) is 12.5 Å². The van der Waals surface area contributed by atoms with Gasteiger partial charge in [0.15, 0.2) is 0 Å². The van der Waals surface area contributed by atoms with Gasteiger partial charge in [-0.05, 0) is 19.3 Å². The number of piperidine rings is 1. The standard InChI is InChI=1S/C16H19N5O2S/c1-19-9-12(8-18-19)21-7-4-16(15(21)23)2-5-20(6-3-16)14(22)13-10-24-11-17-13/h8-11H,2-7H2,1H3. The lowest BCUT2D eigenvalue weighted by atomic mass is 9.77. The third-order valence-electron chi connectivity index (χ3n) is 5.17. The molecule has 4 rings (SSSR count). The van der Waals surface area contributed by atoms with Crippen molar-refractivity contribution >= 4 is 28.8 Å². The highest BCUT2D eigenvalue weighted by Crippen LogP contribution is 2.43. The van der Waals surface area contributed by atoms with Crippen molar-refractivity contribution in [3.8, 4) is 0 Å². The largest absolute Gasteiger partial charge is 0.337 e. The van der Waals surface area contributed by atoms with Crippen LogP contribution in [0.2, 0.25) is 0 Å². The number of amides is 2. The molecule has 2 aliphatic heterocycles. The quantitative estimate of drug-likeness (QED) is 0.828. The van der Waals surface area contributed by atoms with Crippen LogP contribution >= 0.6 is 11.3 Å². The van der Waals surface area contributed by atoms with Crippen molar-refractivity contribution in [3.63, 3.8) is 0 Å². The van der Waals surface area contributed by atoms with E-state index in [-0.39, 0.29) is 17.2 Å². The molecule has 0 saturated carbocycles. The Morgan fingerprint density at radius 3 is 2.62 bits per heavy atom. The molecule has 0 unspecified atom stereocenters. The molecule has 2 saturated heterocycles. The Bertz CT molecular complexity index is 761. The lowest BCUT2D eigenvalue weighted by Gasteiger charge is -2.37. The number of likely N-dealkylation sites (tertiary alicyclic amines) is 1. The molecule has 0 aliphatic carbocycles. The fourth-order valence-corrected chi connectivity index (χ4v) is 4.22. The Labute approximate surface area is 143 Å². The van der Waals surface area contributed by atoms with Crippen LogP contribution in [0.5, 0.6) is 0 Å². The third-order valence-corrected chi connectivity index (χ3v) is 5.76. The summed E-state index contributed by atoms with van der Waals surface area (Å²) in [6, 6.07) is 0. The Morgan fingerprint density at radius 1 is 1.25 bits per heavy atom. The zero-order chi connectivity index (χ0) is 16.7. The molecule has 7 nitrogen and oxygen atoms in total. The fraction of sp³-hybridized carbons (Fsp3) is 0.500. The van der Waals surface area contributed by atoms with Gasteiger partial charge in [-0.25, -0.2) is 4.98 Å². The monoisotopic (exact) mass is 345 g/mol. The molecule has 24 heavy (non-hydrogen) atoms. The van der Waals surface area contributed by atoms with E-state index in [4.69, 9.17) is 0 Å². The Morgan fingerprint density at radius 2 is 2.00 bits per heavy atom. The number of thiazole rings is 1. The van der Waals surface area contributed by atoms with E-state index in [9.17, 15) is 9.59 Å². The van der Waals surface area contributed by atoms with Gasteiger partial charge in [-0.1, -0.05) is 0 Å². The molecule has 1 spiro atoms. The van der Waals surface area contributed by atoms with Crippen molar-refractivity contribution in [2.45, 2.75) is 19.3 Å². The minimum Gasteiger partial charge on any atom is -0.337 e. The predicted molar refractivity (Wildman–Crippen MR) is 89.9 cm³/mol. The maximum atomic E-state index is 13.0. The number of aromatic nitrogens is 3. The molecule has 0 radical (unpaired) electrons. The molecule has 0 N–H and O–H groups in total. The van der Waals surface area contributed by atoms with E-state index < -0.39 is 0 Å². The van der Waals surface area contributed by atoms with E-state index in [1.165, 1.54) is 11.3 Å². The lowest BCUT2D eigenvalue weighted by molar-refractivity contribution is -0.127. The average molecular weight is 345 g/mol. The van der Waals surface area contributed by atoms with Crippen LogP contribution < -0.4 is 4.90 Å². The predicted octanol–water partition coefficient (Wildman–Crippen LogP) is 1.54. The first-order valence-corrected chi connectivity index (χ1v) is 9.01. The Kier molecular flexibility index (Phi) is 3.64. The SMILES string of the molecule is Cn1cc(N2CCC3(CCN(C(=O)c4cscn4)CC3)C2=O)cn1. The van der Waals surface area contributed by atoms with Gasteiger partial charge in [-0.3, -0.25) is 14.3 Å². The number of hydrogen-bond acceptors (Lipinski definition) is 5. The summed E-state index contributed by atoms with van der Waals surface area (Å²) in [6.07, 6.45) is 5.89. The molecule has 126 valence electrons. The smallest absolute Gasteiger partial charge is 0.273 e. The molecule has 8 heteroatoms. The van der Waals surface area contributed by atoms with Crippen molar-refractivity contribution in [1.29, 1.82) is 0 Å². The molecule has 0 bridgehead atoms. The molecule has 2 fully saturated rings. The fourth-order valence-electron chi connectivity index (χ4n) is 3.70. The van der Waals surface area contributed by atoms with Crippen molar-refractivity contribution in [2.75, 3.05) is 24.5 Å². The van der Waals surface area contributed by atoms with Gasteiger partial charge in [0.05, 0.1) is 22.8 Å². The van der Waals surface area contributed by atoms with Gasteiger partial charge in [0.1, 0.15) is 5.69 Å². The molecule has 2 aromatic rings. The highest BCUT2D eigenvalue weighted by Gasteiger charge is 2.49. The average Bonchev–Trinajstić information content (AvgIpc) is 3.31. The second kappa shape index (κ2) is 5.70. The summed E-state index contributed by atoms with van der Waals surface area (Å²) in [6.45, 7) is 1.95. The van der Waals surface area contributed by atoms with Gasteiger partial charge in [0, 0.05) is 38.3 Å². The van der Waals surface area contributed by atoms with Gasteiger partial charge in [0.25, 0.3) is 5.91 Å². The summed E-state index contributed by atoms with van der Waals surface area (Å²) >= 11 is 1.42. The molecule has 2 aromatic heterocycles. The molecule has 0 atom stereocenters.